The van der Waals surface area contributed by atoms with Crippen molar-refractivity contribution in [3.8, 4) is 11.4 Å². The van der Waals surface area contributed by atoms with Crippen molar-refractivity contribution in [2.24, 2.45) is 0 Å². The molecule has 2 aromatic carbocycles. The summed E-state index contributed by atoms with van der Waals surface area (Å²) < 4.78 is 11.5. The predicted molar refractivity (Wildman–Crippen MR) is 113 cm³/mol. The van der Waals surface area contributed by atoms with E-state index in [9.17, 15) is 9.59 Å². The molecule has 9 nitrogen and oxygen atoms in total. The molecule has 0 saturated heterocycles. The maximum Gasteiger partial charge on any atom is 0.339 e. The number of benzene rings is 2. The molecule has 0 aliphatic carbocycles. The van der Waals surface area contributed by atoms with Crippen LogP contribution in [0.5, 0.6) is 0 Å². The van der Waals surface area contributed by atoms with Crippen LogP contribution in [-0.2, 0) is 9.53 Å². The molecule has 0 spiro atoms. The number of methoxy groups -OCH3 is 1. The van der Waals surface area contributed by atoms with Crippen LogP contribution in [-0.4, -0.2) is 39.2 Å². The van der Waals surface area contributed by atoms with Gasteiger partial charge in [-0.05, 0) is 34.7 Å². The van der Waals surface area contributed by atoms with Crippen LogP contribution in [0.3, 0.4) is 0 Å². The van der Waals surface area contributed by atoms with Crippen molar-refractivity contribution in [2.75, 3.05) is 12.4 Å². The number of rotatable bonds is 6. The van der Waals surface area contributed by atoms with E-state index in [0.717, 1.165) is 5.56 Å². The highest BCUT2D eigenvalue weighted by Gasteiger charge is 2.22. The second kappa shape index (κ2) is 8.87. The van der Waals surface area contributed by atoms with Crippen molar-refractivity contribution >= 4 is 29.3 Å². The van der Waals surface area contributed by atoms with Gasteiger partial charge in [-0.1, -0.05) is 42.5 Å². The molecule has 4 aromatic rings. The second-order valence-corrected chi connectivity index (χ2v) is 6.32. The van der Waals surface area contributed by atoms with E-state index in [1.54, 1.807) is 36.4 Å². The molecular weight excluding hydrogens is 398 g/mol. The van der Waals surface area contributed by atoms with E-state index in [2.05, 4.69) is 20.8 Å². The summed E-state index contributed by atoms with van der Waals surface area (Å²) in [5.74, 6) is -0.312. The molecule has 0 fully saturated rings. The van der Waals surface area contributed by atoms with Crippen molar-refractivity contribution < 1.29 is 18.7 Å². The fourth-order valence-corrected chi connectivity index (χ4v) is 2.91. The number of tetrazole rings is 1. The predicted octanol–water partition coefficient (Wildman–Crippen LogP) is 3.36. The Morgan fingerprint density at radius 3 is 2.55 bits per heavy atom. The van der Waals surface area contributed by atoms with Gasteiger partial charge in [0.05, 0.1) is 24.6 Å². The maximum absolute atomic E-state index is 13.3. The van der Waals surface area contributed by atoms with Gasteiger partial charge in [-0.2, -0.15) is 4.68 Å². The largest absolute Gasteiger partial charge is 0.465 e. The third-order valence-corrected chi connectivity index (χ3v) is 4.37. The van der Waals surface area contributed by atoms with Crippen LogP contribution in [0.15, 0.2) is 77.4 Å². The van der Waals surface area contributed by atoms with Crippen LogP contribution in [0.1, 0.15) is 16.1 Å². The number of esters is 1. The van der Waals surface area contributed by atoms with Crippen LogP contribution >= 0.6 is 0 Å². The average Bonchev–Trinajstić information content (AvgIpc) is 3.50. The SMILES string of the molecule is COC(=O)c1ccccc1NC(=O)C(=Cc1ccco1)n1nnnc1-c1ccccc1. The Bertz CT molecular complexity index is 1230. The number of para-hydroxylation sites is 1. The van der Waals surface area contributed by atoms with E-state index in [4.69, 9.17) is 9.15 Å². The van der Waals surface area contributed by atoms with E-state index < -0.39 is 11.9 Å². The lowest BCUT2D eigenvalue weighted by Gasteiger charge is -2.12. The van der Waals surface area contributed by atoms with Crippen molar-refractivity contribution in [3.63, 3.8) is 0 Å². The number of amides is 1. The minimum Gasteiger partial charge on any atom is -0.465 e. The minimum atomic E-state index is -0.570. The first-order valence-corrected chi connectivity index (χ1v) is 9.25. The van der Waals surface area contributed by atoms with Gasteiger partial charge in [-0.15, -0.1) is 5.10 Å². The van der Waals surface area contributed by atoms with Gasteiger partial charge in [-0.25, -0.2) is 4.79 Å². The van der Waals surface area contributed by atoms with E-state index in [1.807, 2.05) is 30.3 Å². The van der Waals surface area contributed by atoms with Crippen LogP contribution in [0, 0.1) is 0 Å². The van der Waals surface area contributed by atoms with Gasteiger partial charge < -0.3 is 14.5 Å². The second-order valence-electron chi connectivity index (χ2n) is 6.32. The molecule has 0 radical (unpaired) electrons. The van der Waals surface area contributed by atoms with Gasteiger partial charge in [0.15, 0.2) is 5.82 Å². The molecule has 1 amide bonds. The molecule has 4 rings (SSSR count). The van der Waals surface area contributed by atoms with Gasteiger partial charge >= 0.3 is 5.97 Å². The van der Waals surface area contributed by atoms with Crippen LogP contribution in [0.2, 0.25) is 0 Å². The third kappa shape index (κ3) is 4.25. The van der Waals surface area contributed by atoms with Gasteiger partial charge in [0, 0.05) is 11.6 Å². The zero-order valence-electron chi connectivity index (χ0n) is 16.4. The first kappa shape index (κ1) is 19.8. The third-order valence-electron chi connectivity index (χ3n) is 4.37. The van der Waals surface area contributed by atoms with E-state index >= 15 is 0 Å². The number of carbonyl (C=O) groups excluding carboxylic acids is 2. The Labute approximate surface area is 177 Å². The maximum atomic E-state index is 13.3. The number of hydrogen-bond donors (Lipinski definition) is 1. The summed E-state index contributed by atoms with van der Waals surface area (Å²) in [5.41, 5.74) is 1.33. The summed E-state index contributed by atoms with van der Waals surface area (Å²) in [6, 6.07) is 19.2. The van der Waals surface area contributed by atoms with E-state index in [0.29, 0.717) is 17.3 Å². The molecule has 0 saturated carbocycles. The highest BCUT2D eigenvalue weighted by atomic mass is 16.5. The average molecular weight is 415 g/mol. The Hall–Kier alpha value is -4.53. The number of furan rings is 1. The van der Waals surface area contributed by atoms with Crippen molar-refractivity contribution in [1.29, 1.82) is 0 Å². The molecule has 2 aromatic heterocycles. The van der Waals surface area contributed by atoms with Gasteiger partial charge in [0.25, 0.3) is 5.91 Å². The lowest BCUT2D eigenvalue weighted by molar-refractivity contribution is -0.111. The summed E-state index contributed by atoms with van der Waals surface area (Å²) in [6.45, 7) is 0. The zero-order chi connectivity index (χ0) is 21.6. The molecule has 9 heteroatoms. The zero-order valence-corrected chi connectivity index (χ0v) is 16.4. The number of carbonyl (C=O) groups is 2. The fraction of sp³-hybridized carbons (Fsp3) is 0.0455. The van der Waals surface area contributed by atoms with Crippen molar-refractivity contribution in [1.82, 2.24) is 20.2 Å². The first-order valence-electron chi connectivity index (χ1n) is 9.25. The highest BCUT2D eigenvalue weighted by Crippen LogP contribution is 2.23. The van der Waals surface area contributed by atoms with E-state index in [1.165, 1.54) is 24.1 Å². The Kier molecular flexibility index (Phi) is 5.66. The first-order chi connectivity index (χ1) is 15.2. The fourth-order valence-electron chi connectivity index (χ4n) is 2.91. The normalized spacial score (nSPS) is 11.2. The molecular formula is C22H17N5O4. The van der Waals surface area contributed by atoms with Crippen molar-refractivity contribution in [2.45, 2.75) is 0 Å². The standard InChI is InChI=1S/C22H17N5O4/c1-30-22(29)17-11-5-6-12-18(17)23-21(28)19(14-16-10-7-13-31-16)27-20(24-25-26-27)15-8-3-2-4-9-15/h2-14H,1H3,(H,23,28). The summed E-state index contributed by atoms with van der Waals surface area (Å²) >= 11 is 0. The molecule has 0 aliphatic rings. The summed E-state index contributed by atoms with van der Waals surface area (Å²) in [5, 5.41) is 14.5. The van der Waals surface area contributed by atoms with Crippen LogP contribution in [0.4, 0.5) is 5.69 Å². The van der Waals surface area contributed by atoms with Gasteiger partial charge in [-0.3, -0.25) is 4.79 Å². The molecule has 154 valence electrons. The van der Waals surface area contributed by atoms with Crippen molar-refractivity contribution in [3.05, 3.63) is 84.3 Å². The molecule has 0 atom stereocenters. The van der Waals surface area contributed by atoms with Gasteiger partial charge in [0.2, 0.25) is 0 Å². The highest BCUT2D eigenvalue weighted by molar-refractivity contribution is 6.25. The van der Waals surface area contributed by atoms with Gasteiger partial charge in [0.1, 0.15) is 11.5 Å². The number of aromatic nitrogens is 4. The lowest BCUT2D eigenvalue weighted by Crippen LogP contribution is -2.21. The Balaban J connectivity index is 1.76. The number of nitrogens with zero attached hydrogens (tertiary/aromatic N) is 4. The molecule has 0 bridgehead atoms. The quantitative estimate of drug-likeness (QED) is 0.380. The Morgan fingerprint density at radius 2 is 1.81 bits per heavy atom. The molecule has 2 heterocycles. The molecule has 31 heavy (non-hydrogen) atoms. The molecule has 1 N–H and O–H groups in total. The van der Waals surface area contributed by atoms with Crippen LogP contribution < -0.4 is 5.32 Å². The summed E-state index contributed by atoms with van der Waals surface area (Å²) in [4.78, 5) is 25.4. The number of ether oxygens (including phenoxy) is 1. The molecule has 0 unspecified atom stereocenters. The Morgan fingerprint density at radius 1 is 1.03 bits per heavy atom. The number of hydrogen-bond acceptors (Lipinski definition) is 7. The topological polar surface area (TPSA) is 112 Å². The lowest BCUT2D eigenvalue weighted by atomic mass is 10.1. The monoisotopic (exact) mass is 415 g/mol. The molecule has 0 aliphatic heterocycles. The van der Waals surface area contributed by atoms with E-state index in [-0.39, 0.29) is 11.3 Å². The van der Waals surface area contributed by atoms with Crippen LogP contribution in [0.25, 0.3) is 23.2 Å². The smallest absolute Gasteiger partial charge is 0.339 e. The number of anilines is 1. The summed E-state index contributed by atoms with van der Waals surface area (Å²) in [6.07, 6.45) is 3.00. The summed E-state index contributed by atoms with van der Waals surface area (Å²) in [7, 11) is 1.27. The number of nitrogens with one attached hydrogen (secondary N) is 1. The minimum absolute atomic E-state index is 0.0958.